The third-order valence-electron chi connectivity index (χ3n) is 6.15. The fraction of sp³-hybridized carbons (Fsp3) is 1.00. The Morgan fingerprint density at radius 1 is 0.900 bits per heavy atom. The summed E-state index contributed by atoms with van der Waals surface area (Å²) in [6.07, 6.45) is 11.4. The smallest absolute Gasteiger partial charge is 0.0111 e. The lowest BCUT2D eigenvalue weighted by atomic mass is 9.69. The summed E-state index contributed by atoms with van der Waals surface area (Å²) in [5, 5.41) is 4.10. The number of nitrogens with one attached hydrogen (secondary N) is 1. The molecule has 0 radical (unpaired) electrons. The van der Waals surface area contributed by atoms with Gasteiger partial charge in [0.1, 0.15) is 0 Å². The molecule has 3 aliphatic rings. The summed E-state index contributed by atoms with van der Waals surface area (Å²) >= 11 is 0. The van der Waals surface area contributed by atoms with Crippen LogP contribution in [-0.4, -0.2) is 36.1 Å². The van der Waals surface area contributed by atoms with E-state index < -0.39 is 0 Å². The van der Waals surface area contributed by atoms with E-state index in [1.54, 1.807) is 0 Å². The van der Waals surface area contributed by atoms with Gasteiger partial charge in [0.05, 0.1) is 0 Å². The number of fused-ring (bicyclic) bond motifs is 1. The summed E-state index contributed by atoms with van der Waals surface area (Å²) in [6, 6.07) is 2.47. The molecule has 4 atom stereocenters. The van der Waals surface area contributed by atoms with Gasteiger partial charge >= 0.3 is 0 Å². The van der Waals surface area contributed by atoms with Crippen LogP contribution in [0, 0.1) is 11.3 Å². The minimum absolute atomic E-state index is 0.464. The van der Waals surface area contributed by atoms with Crippen LogP contribution in [-0.2, 0) is 0 Å². The fourth-order valence-electron chi connectivity index (χ4n) is 5.05. The Balaban J connectivity index is 1.58. The van der Waals surface area contributed by atoms with Crippen LogP contribution in [0.5, 0.6) is 0 Å². The minimum Gasteiger partial charge on any atom is -0.311 e. The monoisotopic (exact) mass is 278 g/mol. The summed E-state index contributed by atoms with van der Waals surface area (Å²) in [4.78, 5) is 2.74. The molecule has 0 amide bonds. The van der Waals surface area contributed by atoms with Crippen molar-refractivity contribution >= 4 is 0 Å². The SMILES string of the molecule is CC(C)(C)C1CCCCC1NC1CCN2CCCC2C1. The maximum absolute atomic E-state index is 4.10. The van der Waals surface area contributed by atoms with Crippen molar-refractivity contribution in [2.24, 2.45) is 11.3 Å². The van der Waals surface area contributed by atoms with Gasteiger partial charge in [0, 0.05) is 18.1 Å². The van der Waals surface area contributed by atoms with E-state index in [-0.39, 0.29) is 0 Å². The zero-order chi connectivity index (χ0) is 14.2. The first-order chi connectivity index (χ1) is 9.54. The minimum atomic E-state index is 0.464. The lowest BCUT2D eigenvalue weighted by Gasteiger charge is -2.44. The molecule has 1 saturated carbocycles. The number of hydrogen-bond donors (Lipinski definition) is 1. The molecule has 4 unspecified atom stereocenters. The second-order valence-electron chi connectivity index (χ2n) is 8.58. The maximum atomic E-state index is 4.10. The van der Waals surface area contributed by atoms with Gasteiger partial charge in [-0.25, -0.2) is 0 Å². The van der Waals surface area contributed by atoms with Gasteiger partial charge in [-0.1, -0.05) is 33.6 Å². The number of rotatable bonds is 2. The molecule has 20 heavy (non-hydrogen) atoms. The van der Waals surface area contributed by atoms with Crippen molar-refractivity contribution in [1.82, 2.24) is 10.2 Å². The zero-order valence-electron chi connectivity index (χ0n) is 13.8. The summed E-state index contributed by atoms with van der Waals surface area (Å²) < 4.78 is 0. The van der Waals surface area contributed by atoms with Gasteiger partial charge in [0.2, 0.25) is 0 Å². The third-order valence-corrected chi connectivity index (χ3v) is 6.15. The lowest BCUT2D eigenvalue weighted by Crippen LogP contribution is -2.52. The van der Waals surface area contributed by atoms with Crippen LogP contribution in [0.4, 0.5) is 0 Å². The van der Waals surface area contributed by atoms with Crippen molar-refractivity contribution in [3.8, 4) is 0 Å². The molecule has 3 rings (SSSR count). The molecule has 1 N–H and O–H groups in total. The molecule has 2 heteroatoms. The van der Waals surface area contributed by atoms with Crippen molar-refractivity contribution in [2.75, 3.05) is 13.1 Å². The Labute approximate surface area is 125 Å². The van der Waals surface area contributed by atoms with Gasteiger partial charge in [0.15, 0.2) is 0 Å². The predicted octanol–water partition coefficient (Wildman–Crippen LogP) is 3.81. The summed E-state index contributed by atoms with van der Waals surface area (Å²) in [5.74, 6) is 0.873. The van der Waals surface area contributed by atoms with Crippen LogP contribution in [0.2, 0.25) is 0 Å². The van der Waals surface area contributed by atoms with Gasteiger partial charge in [-0.2, -0.15) is 0 Å². The van der Waals surface area contributed by atoms with Gasteiger partial charge in [-0.15, -0.1) is 0 Å². The van der Waals surface area contributed by atoms with Gasteiger partial charge in [-0.05, 0) is 62.9 Å². The highest BCUT2D eigenvalue weighted by molar-refractivity contribution is 4.94. The highest BCUT2D eigenvalue weighted by atomic mass is 15.2. The third kappa shape index (κ3) is 3.22. The second kappa shape index (κ2) is 5.96. The predicted molar refractivity (Wildman–Crippen MR) is 86.0 cm³/mol. The molecule has 2 heterocycles. The van der Waals surface area contributed by atoms with Crippen molar-refractivity contribution < 1.29 is 0 Å². The van der Waals surface area contributed by atoms with Crippen LogP contribution >= 0.6 is 0 Å². The second-order valence-corrected chi connectivity index (χ2v) is 8.58. The topological polar surface area (TPSA) is 15.3 Å². The molecule has 3 fully saturated rings. The molecule has 0 spiro atoms. The molecular weight excluding hydrogens is 244 g/mol. The molecular formula is C18H34N2. The van der Waals surface area contributed by atoms with E-state index in [0.717, 1.165) is 24.0 Å². The summed E-state index contributed by atoms with van der Waals surface area (Å²) in [5.41, 5.74) is 0.464. The lowest BCUT2D eigenvalue weighted by molar-refractivity contribution is 0.0997. The van der Waals surface area contributed by atoms with Crippen LogP contribution in [0.1, 0.15) is 72.1 Å². The van der Waals surface area contributed by atoms with Crippen LogP contribution in [0.3, 0.4) is 0 Å². The van der Waals surface area contributed by atoms with E-state index in [4.69, 9.17) is 0 Å². The van der Waals surface area contributed by atoms with Crippen molar-refractivity contribution in [3.05, 3.63) is 0 Å². The normalized spacial score (nSPS) is 39.8. The maximum Gasteiger partial charge on any atom is 0.0111 e. The quantitative estimate of drug-likeness (QED) is 0.826. The Kier molecular flexibility index (Phi) is 4.42. The van der Waals surface area contributed by atoms with Crippen LogP contribution in [0.25, 0.3) is 0 Å². The molecule has 0 aromatic carbocycles. The first kappa shape index (κ1) is 14.8. The molecule has 2 aliphatic heterocycles. The first-order valence-corrected chi connectivity index (χ1v) is 9.04. The molecule has 0 aromatic rings. The van der Waals surface area contributed by atoms with Crippen molar-refractivity contribution in [2.45, 2.75) is 90.3 Å². The Morgan fingerprint density at radius 2 is 1.70 bits per heavy atom. The standard InChI is InChI=1S/C18H34N2/c1-18(2,3)16-8-4-5-9-17(16)19-14-10-12-20-11-6-7-15(20)13-14/h14-17,19H,4-13H2,1-3H3. The molecule has 2 nitrogen and oxygen atoms in total. The molecule has 0 aromatic heterocycles. The Hall–Kier alpha value is -0.0800. The Morgan fingerprint density at radius 3 is 2.50 bits per heavy atom. The fourth-order valence-corrected chi connectivity index (χ4v) is 5.05. The summed E-state index contributed by atoms with van der Waals surface area (Å²) in [7, 11) is 0. The number of hydrogen-bond acceptors (Lipinski definition) is 2. The molecule has 0 bridgehead atoms. The van der Waals surface area contributed by atoms with E-state index in [1.165, 1.54) is 64.5 Å². The molecule has 2 saturated heterocycles. The average Bonchev–Trinajstić information content (AvgIpc) is 2.85. The highest BCUT2D eigenvalue weighted by Gasteiger charge is 2.37. The van der Waals surface area contributed by atoms with Crippen LogP contribution < -0.4 is 5.32 Å². The van der Waals surface area contributed by atoms with E-state index in [1.807, 2.05) is 0 Å². The van der Waals surface area contributed by atoms with E-state index in [9.17, 15) is 0 Å². The molecule has 1 aliphatic carbocycles. The van der Waals surface area contributed by atoms with Gasteiger partial charge in [0.25, 0.3) is 0 Å². The molecule has 116 valence electrons. The highest BCUT2D eigenvalue weighted by Crippen LogP contribution is 2.39. The number of piperidine rings is 1. The van der Waals surface area contributed by atoms with Crippen molar-refractivity contribution in [1.29, 1.82) is 0 Å². The van der Waals surface area contributed by atoms with E-state index in [0.29, 0.717) is 5.41 Å². The van der Waals surface area contributed by atoms with Gasteiger partial charge in [-0.3, -0.25) is 0 Å². The van der Waals surface area contributed by atoms with Crippen LogP contribution in [0.15, 0.2) is 0 Å². The Bertz CT molecular complexity index is 320. The average molecular weight is 278 g/mol. The van der Waals surface area contributed by atoms with E-state index in [2.05, 4.69) is 31.0 Å². The van der Waals surface area contributed by atoms with E-state index >= 15 is 0 Å². The first-order valence-electron chi connectivity index (χ1n) is 9.04. The largest absolute Gasteiger partial charge is 0.311 e. The summed E-state index contributed by atoms with van der Waals surface area (Å²) in [6.45, 7) is 10.0. The number of nitrogens with zero attached hydrogens (tertiary/aromatic N) is 1. The van der Waals surface area contributed by atoms with Crippen molar-refractivity contribution in [3.63, 3.8) is 0 Å². The zero-order valence-corrected chi connectivity index (χ0v) is 13.8. The van der Waals surface area contributed by atoms with Gasteiger partial charge < -0.3 is 10.2 Å².